The van der Waals surface area contributed by atoms with Gasteiger partial charge in [0.1, 0.15) is 5.82 Å². The molecule has 0 radical (unpaired) electrons. The number of benzene rings is 1. The van der Waals surface area contributed by atoms with Crippen LogP contribution in [0.5, 0.6) is 0 Å². The fourth-order valence-corrected chi connectivity index (χ4v) is 1.98. The molecular formula is C14H17FN2O2. The van der Waals surface area contributed by atoms with Crippen molar-refractivity contribution in [2.75, 3.05) is 31.7 Å². The summed E-state index contributed by atoms with van der Waals surface area (Å²) in [6.07, 6.45) is 2.37. The van der Waals surface area contributed by atoms with Crippen LogP contribution in [-0.2, 0) is 9.47 Å². The summed E-state index contributed by atoms with van der Waals surface area (Å²) in [5.74, 6) is -0.418. The Morgan fingerprint density at radius 1 is 1.53 bits per heavy atom. The molecule has 1 aromatic rings. The third-order valence-electron chi connectivity index (χ3n) is 2.99. The predicted molar refractivity (Wildman–Crippen MR) is 69.4 cm³/mol. The van der Waals surface area contributed by atoms with Crippen molar-refractivity contribution in [3.63, 3.8) is 0 Å². The Morgan fingerprint density at radius 3 is 3.11 bits per heavy atom. The number of nitriles is 1. The van der Waals surface area contributed by atoms with E-state index in [1.54, 1.807) is 12.1 Å². The maximum absolute atomic E-state index is 13.5. The lowest BCUT2D eigenvalue weighted by Gasteiger charge is -2.11. The minimum Gasteiger partial charge on any atom is -0.380 e. The Bertz CT molecular complexity index is 453. The van der Waals surface area contributed by atoms with E-state index in [9.17, 15) is 4.39 Å². The van der Waals surface area contributed by atoms with Gasteiger partial charge in [0.15, 0.2) is 0 Å². The second-order valence-electron chi connectivity index (χ2n) is 4.44. The minimum absolute atomic E-state index is 0.214. The summed E-state index contributed by atoms with van der Waals surface area (Å²) in [6.45, 7) is 2.44. The van der Waals surface area contributed by atoms with E-state index in [0.717, 1.165) is 19.4 Å². The van der Waals surface area contributed by atoms with Crippen molar-refractivity contribution in [2.24, 2.45) is 0 Å². The standard InChI is InChI=1S/C14H17FN2O2/c15-13-8-11(9-16)3-4-14(13)17-5-7-18-10-12-2-1-6-19-12/h3-4,8,12,17H,1-2,5-7,10H2. The number of halogens is 1. The third kappa shape index (κ3) is 4.19. The molecule has 0 spiro atoms. The molecule has 0 bridgehead atoms. The Morgan fingerprint density at radius 2 is 2.42 bits per heavy atom. The van der Waals surface area contributed by atoms with Crippen molar-refractivity contribution in [3.05, 3.63) is 29.6 Å². The lowest BCUT2D eigenvalue weighted by Crippen LogP contribution is -2.18. The van der Waals surface area contributed by atoms with Crippen molar-refractivity contribution < 1.29 is 13.9 Å². The first-order valence-electron chi connectivity index (χ1n) is 6.42. The first-order chi connectivity index (χ1) is 9.29. The summed E-state index contributed by atoms with van der Waals surface area (Å²) in [5, 5.41) is 11.6. The van der Waals surface area contributed by atoms with Gasteiger partial charge >= 0.3 is 0 Å². The van der Waals surface area contributed by atoms with Gasteiger partial charge in [0.2, 0.25) is 0 Å². The number of nitrogens with zero attached hydrogens (tertiary/aromatic N) is 1. The van der Waals surface area contributed by atoms with Gasteiger partial charge in [0, 0.05) is 13.2 Å². The highest BCUT2D eigenvalue weighted by molar-refractivity contribution is 5.48. The Balaban J connectivity index is 1.66. The van der Waals surface area contributed by atoms with E-state index in [4.69, 9.17) is 14.7 Å². The highest BCUT2D eigenvalue weighted by Crippen LogP contribution is 2.15. The largest absolute Gasteiger partial charge is 0.380 e. The fourth-order valence-electron chi connectivity index (χ4n) is 1.98. The van der Waals surface area contributed by atoms with E-state index >= 15 is 0 Å². The van der Waals surface area contributed by atoms with Crippen LogP contribution in [0.1, 0.15) is 18.4 Å². The molecule has 19 heavy (non-hydrogen) atoms. The second kappa shape index (κ2) is 7.07. The van der Waals surface area contributed by atoms with E-state index in [1.807, 2.05) is 6.07 Å². The van der Waals surface area contributed by atoms with E-state index in [0.29, 0.717) is 31.0 Å². The molecule has 1 N–H and O–H groups in total. The lowest BCUT2D eigenvalue weighted by atomic mass is 10.2. The molecule has 4 nitrogen and oxygen atoms in total. The molecule has 1 fully saturated rings. The SMILES string of the molecule is N#Cc1ccc(NCCOCC2CCCO2)c(F)c1. The molecule has 0 aliphatic carbocycles. The van der Waals surface area contributed by atoms with Crippen LogP contribution in [0.3, 0.4) is 0 Å². The second-order valence-corrected chi connectivity index (χ2v) is 4.44. The zero-order valence-corrected chi connectivity index (χ0v) is 10.7. The number of nitrogens with one attached hydrogen (secondary N) is 1. The molecule has 1 aromatic carbocycles. The van der Waals surface area contributed by atoms with Gasteiger partial charge in [-0.1, -0.05) is 0 Å². The van der Waals surface area contributed by atoms with E-state index in [1.165, 1.54) is 6.07 Å². The van der Waals surface area contributed by atoms with Crippen LogP contribution >= 0.6 is 0 Å². The van der Waals surface area contributed by atoms with Crippen LogP contribution in [0, 0.1) is 17.1 Å². The molecule has 5 heteroatoms. The highest BCUT2D eigenvalue weighted by atomic mass is 19.1. The summed E-state index contributed by atoms with van der Waals surface area (Å²) in [7, 11) is 0. The minimum atomic E-state index is -0.418. The van der Waals surface area contributed by atoms with Crippen LogP contribution in [0.15, 0.2) is 18.2 Å². The molecule has 1 aliphatic rings. The van der Waals surface area contributed by atoms with Crippen molar-refractivity contribution in [3.8, 4) is 6.07 Å². The maximum atomic E-state index is 13.5. The van der Waals surface area contributed by atoms with Gasteiger partial charge < -0.3 is 14.8 Å². The molecule has 0 saturated carbocycles. The Labute approximate surface area is 112 Å². The molecule has 1 atom stereocenters. The number of hydrogen-bond acceptors (Lipinski definition) is 4. The average molecular weight is 264 g/mol. The van der Waals surface area contributed by atoms with Crippen LogP contribution in [0.25, 0.3) is 0 Å². The molecule has 0 amide bonds. The zero-order valence-electron chi connectivity index (χ0n) is 10.7. The quantitative estimate of drug-likeness (QED) is 0.801. The van der Waals surface area contributed by atoms with Crippen molar-refractivity contribution in [2.45, 2.75) is 18.9 Å². The topological polar surface area (TPSA) is 54.3 Å². The van der Waals surface area contributed by atoms with Crippen molar-refractivity contribution in [1.29, 1.82) is 5.26 Å². The zero-order chi connectivity index (χ0) is 13.5. The number of anilines is 1. The normalized spacial score (nSPS) is 18.2. The summed E-state index contributed by atoms with van der Waals surface area (Å²) >= 11 is 0. The number of hydrogen-bond donors (Lipinski definition) is 1. The molecule has 0 aromatic heterocycles. The predicted octanol–water partition coefficient (Wildman–Crippen LogP) is 2.30. The van der Waals surface area contributed by atoms with E-state index in [2.05, 4.69) is 5.32 Å². The third-order valence-corrected chi connectivity index (χ3v) is 2.99. The smallest absolute Gasteiger partial charge is 0.147 e. The van der Waals surface area contributed by atoms with Gasteiger partial charge in [0.25, 0.3) is 0 Å². The molecule has 102 valence electrons. The van der Waals surface area contributed by atoms with Gasteiger partial charge in [-0.25, -0.2) is 4.39 Å². The number of rotatable bonds is 6. The molecule has 1 unspecified atom stereocenters. The van der Waals surface area contributed by atoms with Gasteiger partial charge in [-0.15, -0.1) is 0 Å². The molecule has 1 saturated heterocycles. The molecule has 2 rings (SSSR count). The van der Waals surface area contributed by atoms with Crippen LogP contribution < -0.4 is 5.32 Å². The molecular weight excluding hydrogens is 247 g/mol. The van der Waals surface area contributed by atoms with Gasteiger partial charge in [-0.3, -0.25) is 0 Å². The molecule has 1 aliphatic heterocycles. The summed E-state index contributed by atoms with van der Waals surface area (Å²) in [4.78, 5) is 0. The maximum Gasteiger partial charge on any atom is 0.147 e. The van der Waals surface area contributed by atoms with Crippen molar-refractivity contribution >= 4 is 5.69 Å². The van der Waals surface area contributed by atoms with Crippen LogP contribution in [-0.4, -0.2) is 32.5 Å². The highest BCUT2D eigenvalue weighted by Gasteiger charge is 2.14. The van der Waals surface area contributed by atoms with Gasteiger partial charge in [-0.2, -0.15) is 5.26 Å². The Hall–Kier alpha value is -1.64. The average Bonchev–Trinajstić information content (AvgIpc) is 2.93. The lowest BCUT2D eigenvalue weighted by molar-refractivity contribution is 0.0206. The molecule has 1 heterocycles. The summed E-state index contributed by atoms with van der Waals surface area (Å²) in [6, 6.07) is 6.26. The first-order valence-corrected chi connectivity index (χ1v) is 6.42. The number of ether oxygens (including phenoxy) is 2. The van der Waals surface area contributed by atoms with E-state index < -0.39 is 5.82 Å². The van der Waals surface area contributed by atoms with Crippen molar-refractivity contribution in [1.82, 2.24) is 0 Å². The monoisotopic (exact) mass is 264 g/mol. The van der Waals surface area contributed by atoms with Gasteiger partial charge in [-0.05, 0) is 31.0 Å². The Kier molecular flexibility index (Phi) is 5.13. The summed E-state index contributed by atoms with van der Waals surface area (Å²) in [5.41, 5.74) is 0.706. The summed E-state index contributed by atoms with van der Waals surface area (Å²) < 4.78 is 24.4. The van der Waals surface area contributed by atoms with Crippen LogP contribution in [0.2, 0.25) is 0 Å². The van der Waals surface area contributed by atoms with Gasteiger partial charge in [0.05, 0.1) is 36.6 Å². The fraction of sp³-hybridized carbons (Fsp3) is 0.500. The van der Waals surface area contributed by atoms with Crippen LogP contribution in [0.4, 0.5) is 10.1 Å². The van der Waals surface area contributed by atoms with E-state index in [-0.39, 0.29) is 6.10 Å². The first kappa shape index (κ1) is 13.8.